The number of piperidine rings is 1. The Kier molecular flexibility index (Phi) is 7.77. The topological polar surface area (TPSA) is 109 Å². The Bertz CT molecular complexity index is 1690. The molecule has 11 heteroatoms. The smallest absolute Gasteiger partial charge is 0.309 e. The van der Waals surface area contributed by atoms with Crippen molar-refractivity contribution in [2.45, 2.75) is 44.6 Å². The molecule has 2 atom stereocenters. The van der Waals surface area contributed by atoms with E-state index in [0.29, 0.717) is 42.2 Å². The number of hydrogen-bond acceptors (Lipinski definition) is 7. The van der Waals surface area contributed by atoms with Gasteiger partial charge in [-0.3, -0.25) is 19.5 Å². The number of likely N-dealkylation sites (tertiary alicyclic amines) is 1. The largest absolute Gasteiger partial charge is 0.441 e. The van der Waals surface area contributed by atoms with Crippen molar-refractivity contribution in [3.63, 3.8) is 0 Å². The summed E-state index contributed by atoms with van der Waals surface area (Å²) >= 11 is 6.18. The highest BCUT2D eigenvalue weighted by Crippen LogP contribution is 2.49. The number of methoxy groups -OCH3 is 1. The Labute approximate surface area is 259 Å². The first-order valence-electron chi connectivity index (χ1n) is 14.4. The fraction of sp³-hybridized carbons (Fsp3) is 0.333. The van der Waals surface area contributed by atoms with Crippen LogP contribution in [-0.2, 0) is 22.6 Å². The van der Waals surface area contributed by atoms with E-state index in [2.05, 4.69) is 9.97 Å². The first-order valence-corrected chi connectivity index (χ1v) is 14.7. The van der Waals surface area contributed by atoms with Gasteiger partial charge in [0.2, 0.25) is 0 Å². The Morgan fingerprint density at radius 3 is 2.52 bits per heavy atom. The van der Waals surface area contributed by atoms with Gasteiger partial charge >= 0.3 is 5.91 Å². The molecular formula is C33H32ClFN4O5. The summed E-state index contributed by atoms with van der Waals surface area (Å²) in [6.45, 7) is 4.33. The Morgan fingerprint density at radius 1 is 1.18 bits per heavy atom. The zero-order valence-corrected chi connectivity index (χ0v) is 25.3. The van der Waals surface area contributed by atoms with Crippen LogP contribution in [0.15, 0.2) is 71.6 Å². The standard InChI is InChI=1S/C33H32ClFN4O5/c1-20-4-9-25(37-18-20)19-39-30(40)26-16-23(17-27(35)28(26)33(39,43-3)22-5-7-24(34)8-6-22)32(2,42)21-10-13-38(14-11-21)31(41)29-36-12-15-44-29/h4-9,12,15-18,21,42H,10-11,13-14,19H2,1-3H3/t32?,33-/m1/s1. The SMILES string of the molecule is CO[C@]1(c2ccc(Cl)cc2)c2c(F)cc(C(C)(O)C3CCN(C(=O)c4ncco4)CC3)cc2C(=O)N1Cc1ccc(C)cn1. The van der Waals surface area contributed by atoms with Gasteiger partial charge in [-0.05, 0) is 74.1 Å². The number of pyridine rings is 1. The zero-order valence-electron chi connectivity index (χ0n) is 24.6. The van der Waals surface area contributed by atoms with Gasteiger partial charge in [0.25, 0.3) is 11.8 Å². The summed E-state index contributed by atoms with van der Waals surface area (Å²) in [4.78, 5) is 38.4. The van der Waals surface area contributed by atoms with E-state index in [1.807, 2.05) is 19.1 Å². The van der Waals surface area contributed by atoms with E-state index >= 15 is 4.39 Å². The van der Waals surface area contributed by atoms with E-state index in [1.165, 1.54) is 30.5 Å². The van der Waals surface area contributed by atoms with Gasteiger partial charge < -0.3 is 19.2 Å². The van der Waals surface area contributed by atoms with E-state index in [9.17, 15) is 14.7 Å². The highest BCUT2D eigenvalue weighted by molar-refractivity contribution is 6.30. The number of aromatic nitrogens is 2. The maximum absolute atomic E-state index is 16.5. The molecule has 6 rings (SSSR count). The predicted octanol–water partition coefficient (Wildman–Crippen LogP) is 5.43. The van der Waals surface area contributed by atoms with Gasteiger partial charge in [0.1, 0.15) is 12.1 Å². The van der Waals surface area contributed by atoms with E-state index in [1.54, 1.807) is 48.4 Å². The number of hydrogen-bond donors (Lipinski definition) is 1. The number of amides is 2. The van der Waals surface area contributed by atoms with Crippen molar-refractivity contribution in [2.75, 3.05) is 20.2 Å². The summed E-state index contributed by atoms with van der Waals surface area (Å²) in [6.07, 6.45) is 5.39. The molecule has 0 saturated carbocycles. The number of aryl methyl sites for hydroxylation is 1. The van der Waals surface area contributed by atoms with Crippen molar-refractivity contribution in [2.24, 2.45) is 5.92 Å². The van der Waals surface area contributed by atoms with Crippen LogP contribution in [0.1, 0.15) is 68.8 Å². The zero-order chi connectivity index (χ0) is 31.2. The van der Waals surface area contributed by atoms with Gasteiger partial charge in [0.15, 0.2) is 5.72 Å². The highest BCUT2D eigenvalue weighted by atomic mass is 35.5. The summed E-state index contributed by atoms with van der Waals surface area (Å²) in [6, 6.07) is 13.3. The minimum atomic E-state index is -1.61. The molecular weight excluding hydrogens is 587 g/mol. The number of halogens is 2. The van der Waals surface area contributed by atoms with Crippen molar-refractivity contribution in [1.29, 1.82) is 0 Å². The molecule has 9 nitrogen and oxygen atoms in total. The minimum Gasteiger partial charge on any atom is -0.441 e. The number of carbonyl (C=O) groups is 2. The lowest BCUT2D eigenvalue weighted by Crippen LogP contribution is -2.46. The maximum atomic E-state index is 16.5. The van der Waals surface area contributed by atoms with Crippen LogP contribution in [-0.4, -0.2) is 56.9 Å². The van der Waals surface area contributed by atoms with Gasteiger partial charge in [0.05, 0.1) is 35.2 Å². The molecule has 228 valence electrons. The quantitative estimate of drug-likeness (QED) is 0.294. The predicted molar refractivity (Wildman–Crippen MR) is 159 cm³/mol. The van der Waals surface area contributed by atoms with Crippen LogP contribution in [0.5, 0.6) is 0 Å². The molecule has 44 heavy (non-hydrogen) atoms. The molecule has 1 unspecified atom stereocenters. The molecule has 2 aromatic carbocycles. The first-order chi connectivity index (χ1) is 21.1. The van der Waals surface area contributed by atoms with Crippen molar-refractivity contribution < 1.29 is 28.2 Å². The third-order valence-electron chi connectivity index (χ3n) is 8.89. The lowest BCUT2D eigenvalue weighted by atomic mass is 9.76. The van der Waals surface area contributed by atoms with Gasteiger partial charge in [-0.2, -0.15) is 0 Å². The number of fused-ring (bicyclic) bond motifs is 1. The molecule has 2 aromatic heterocycles. The average molecular weight is 619 g/mol. The molecule has 1 fully saturated rings. The molecule has 0 bridgehead atoms. The average Bonchev–Trinajstić information content (AvgIpc) is 3.65. The van der Waals surface area contributed by atoms with Crippen LogP contribution in [0.25, 0.3) is 0 Å². The normalized spacial score (nSPS) is 20.1. The summed E-state index contributed by atoms with van der Waals surface area (Å²) in [7, 11) is 1.43. The summed E-state index contributed by atoms with van der Waals surface area (Å²) < 4.78 is 27.7. The van der Waals surface area contributed by atoms with Gasteiger partial charge in [-0.1, -0.05) is 29.8 Å². The number of nitrogens with zero attached hydrogens (tertiary/aromatic N) is 4. The summed E-state index contributed by atoms with van der Waals surface area (Å²) in [5.74, 6) is -1.74. The maximum Gasteiger partial charge on any atom is 0.309 e. The minimum absolute atomic E-state index is 0.0159. The fourth-order valence-electron chi connectivity index (χ4n) is 6.42. The Morgan fingerprint density at radius 2 is 1.91 bits per heavy atom. The van der Waals surface area contributed by atoms with Gasteiger partial charge in [0, 0.05) is 37.0 Å². The molecule has 2 amide bonds. The number of rotatable bonds is 7. The van der Waals surface area contributed by atoms with Crippen LogP contribution >= 0.6 is 11.6 Å². The van der Waals surface area contributed by atoms with Crippen LogP contribution in [0.2, 0.25) is 5.02 Å². The molecule has 1 saturated heterocycles. The van der Waals surface area contributed by atoms with E-state index in [0.717, 1.165) is 5.56 Å². The van der Waals surface area contributed by atoms with Crippen LogP contribution < -0.4 is 0 Å². The third-order valence-corrected chi connectivity index (χ3v) is 9.14. The van der Waals surface area contributed by atoms with Gasteiger partial charge in [-0.15, -0.1) is 0 Å². The monoisotopic (exact) mass is 618 g/mol. The van der Waals surface area contributed by atoms with E-state index in [-0.39, 0.29) is 41.0 Å². The van der Waals surface area contributed by atoms with Crippen molar-refractivity contribution in [1.82, 2.24) is 19.8 Å². The number of carbonyl (C=O) groups excluding carboxylic acids is 2. The molecule has 1 N–H and O–H groups in total. The third kappa shape index (κ3) is 4.96. The van der Waals surface area contributed by atoms with Gasteiger partial charge in [-0.25, -0.2) is 9.37 Å². The summed E-state index contributed by atoms with van der Waals surface area (Å²) in [5.41, 5.74) is -0.580. The molecule has 2 aliphatic heterocycles. The molecule has 0 aliphatic carbocycles. The second-order valence-corrected chi connectivity index (χ2v) is 11.9. The number of benzene rings is 2. The van der Waals surface area contributed by atoms with Crippen LogP contribution in [0, 0.1) is 18.7 Å². The van der Waals surface area contributed by atoms with Crippen LogP contribution in [0.3, 0.4) is 0 Å². The molecule has 2 aliphatic rings. The Balaban J connectivity index is 1.37. The number of oxazole rings is 1. The van der Waals surface area contributed by atoms with Crippen molar-refractivity contribution in [3.05, 3.63) is 117 Å². The fourth-order valence-corrected chi connectivity index (χ4v) is 6.55. The van der Waals surface area contributed by atoms with E-state index < -0.39 is 23.1 Å². The van der Waals surface area contributed by atoms with Crippen LogP contribution in [0.4, 0.5) is 4.39 Å². The number of aliphatic hydroxyl groups is 1. The molecule has 4 aromatic rings. The first kappa shape index (κ1) is 29.9. The molecule has 0 spiro atoms. The second-order valence-electron chi connectivity index (χ2n) is 11.5. The lowest BCUT2D eigenvalue weighted by molar-refractivity contribution is -0.0886. The molecule has 4 heterocycles. The van der Waals surface area contributed by atoms with Crippen molar-refractivity contribution in [3.8, 4) is 0 Å². The Hall–Kier alpha value is -4.12. The van der Waals surface area contributed by atoms with Crippen molar-refractivity contribution >= 4 is 23.4 Å². The second kappa shape index (κ2) is 11.4. The number of ether oxygens (including phenoxy) is 1. The highest BCUT2D eigenvalue weighted by Gasteiger charge is 2.54. The molecule has 0 radical (unpaired) electrons. The van der Waals surface area contributed by atoms with E-state index in [4.69, 9.17) is 20.8 Å². The lowest BCUT2D eigenvalue weighted by Gasteiger charge is -2.40. The summed E-state index contributed by atoms with van der Waals surface area (Å²) in [5, 5.41) is 12.3.